The van der Waals surface area contributed by atoms with E-state index < -0.39 is 0 Å². The molecular weight excluding hydrogens is 170 g/mol. The third-order valence-electron chi connectivity index (χ3n) is 4.62. The predicted molar refractivity (Wildman–Crippen MR) is 63.3 cm³/mol. The highest BCUT2D eigenvalue weighted by Gasteiger charge is 2.38. The second-order valence-corrected chi connectivity index (χ2v) is 5.43. The molecule has 0 amide bonds. The van der Waals surface area contributed by atoms with E-state index in [-0.39, 0.29) is 0 Å². The Hall–Kier alpha value is -0.0400. The molecular formula is C13H27N. The normalized spacial score (nSPS) is 46.3. The van der Waals surface area contributed by atoms with Gasteiger partial charge in [-0.2, -0.15) is 0 Å². The summed E-state index contributed by atoms with van der Waals surface area (Å²) in [5, 5.41) is 3.69. The SMILES string of the molecule is CCC(C)C1C(C)C(C)NC(C)C1C. The van der Waals surface area contributed by atoms with Crippen LogP contribution in [0.1, 0.15) is 48.0 Å². The van der Waals surface area contributed by atoms with Crippen LogP contribution in [0, 0.1) is 23.7 Å². The van der Waals surface area contributed by atoms with E-state index in [1.807, 2.05) is 0 Å². The van der Waals surface area contributed by atoms with E-state index in [0.717, 1.165) is 23.7 Å². The molecule has 1 nitrogen and oxygen atoms in total. The third-order valence-corrected chi connectivity index (χ3v) is 4.62. The van der Waals surface area contributed by atoms with Gasteiger partial charge in [-0.25, -0.2) is 0 Å². The molecule has 1 N–H and O–H groups in total. The first-order chi connectivity index (χ1) is 6.49. The smallest absolute Gasteiger partial charge is 0.00698 e. The molecule has 1 heterocycles. The van der Waals surface area contributed by atoms with Crippen molar-refractivity contribution in [2.24, 2.45) is 23.7 Å². The van der Waals surface area contributed by atoms with Gasteiger partial charge in [0.05, 0.1) is 0 Å². The summed E-state index contributed by atoms with van der Waals surface area (Å²) >= 11 is 0. The molecule has 0 bridgehead atoms. The summed E-state index contributed by atoms with van der Waals surface area (Å²) in [6, 6.07) is 1.36. The fraction of sp³-hybridized carbons (Fsp3) is 1.00. The van der Waals surface area contributed by atoms with Crippen LogP contribution in [0.5, 0.6) is 0 Å². The van der Waals surface area contributed by atoms with Crippen molar-refractivity contribution in [3.8, 4) is 0 Å². The van der Waals surface area contributed by atoms with Crippen molar-refractivity contribution in [2.75, 3.05) is 0 Å². The largest absolute Gasteiger partial charge is 0.311 e. The maximum atomic E-state index is 3.69. The van der Waals surface area contributed by atoms with Gasteiger partial charge in [0, 0.05) is 12.1 Å². The Morgan fingerprint density at radius 2 is 1.43 bits per heavy atom. The lowest BCUT2D eigenvalue weighted by molar-refractivity contribution is 0.0682. The Kier molecular flexibility index (Phi) is 4.00. The van der Waals surface area contributed by atoms with Crippen LogP contribution in [0.4, 0.5) is 0 Å². The molecule has 0 aromatic rings. The van der Waals surface area contributed by atoms with E-state index in [4.69, 9.17) is 0 Å². The topological polar surface area (TPSA) is 12.0 Å². The van der Waals surface area contributed by atoms with E-state index in [1.165, 1.54) is 6.42 Å². The van der Waals surface area contributed by atoms with E-state index in [0.29, 0.717) is 12.1 Å². The minimum Gasteiger partial charge on any atom is -0.311 e. The van der Waals surface area contributed by atoms with Gasteiger partial charge in [-0.05, 0) is 37.5 Å². The number of hydrogen-bond acceptors (Lipinski definition) is 1. The van der Waals surface area contributed by atoms with Crippen molar-refractivity contribution in [1.29, 1.82) is 0 Å². The van der Waals surface area contributed by atoms with Gasteiger partial charge < -0.3 is 5.32 Å². The summed E-state index contributed by atoms with van der Waals surface area (Å²) in [5.41, 5.74) is 0. The zero-order chi connectivity index (χ0) is 10.9. The van der Waals surface area contributed by atoms with E-state index >= 15 is 0 Å². The predicted octanol–water partition coefficient (Wildman–Crippen LogP) is 3.30. The number of nitrogens with one attached hydrogen (secondary N) is 1. The van der Waals surface area contributed by atoms with Crippen molar-refractivity contribution in [1.82, 2.24) is 5.32 Å². The second kappa shape index (κ2) is 4.65. The van der Waals surface area contributed by atoms with Crippen molar-refractivity contribution in [3.05, 3.63) is 0 Å². The lowest BCUT2D eigenvalue weighted by Crippen LogP contribution is -2.54. The average Bonchev–Trinajstić information content (AvgIpc) is 2.15. The van der Waals surface area contributed by atoms with Crippen LogP contribution in [-0.4, -0.2) is 12.1 Å². The highest BCUT2D eigenvalue weighted by Crippen LogP contribution is 2.37. The molecule has 0 saturated carbocycles. The van der Waals surface area contributed by atoms with Crippen LogP contribution >= 0.6 is 0 Å². The first kappa shape index (κ1) is 12.0. The molecule has 5 atom stereocenters. The number of hydrogen-bond donors (Lipinski definition) is 1. The molecule has 1 fully saturated rings. The van der Waals surface area contributed by atoms with Crippen molar-refractivity contribution in [2.45, 2.75) is 60.0 Å². The van der Waals surface area contributed by atoms with Gasteiger partial charge in [0.1, 0.15) is 0 Å². The van der Waals surface area contributed by atoms with Crippen LogP contribution in [0.15, 0.2) is 0 Å². The van der Waals surface area contributed by atoms with Gasteiger partial charge >= 0.3 is 0 Å². The molecule has 84 valence electrons. The van der Waals surface area contributed by atoms with Gasteiger partial charge in [-0.3, -0.25) is 0 Å². The van der Waals surface area contributed by atoms with Crippen molar-refractivity contribution < 1.29 is 0 Å². The maximum Gasteiger partial charge on any atom is 0.00698 e. The summed E-state index contributed by atoms with van der Waals surface area (Å²) in [6.07, 6.45) is 1.32. The van der Waals surface area contributed by atoms with Crippen molar-refractivity contribution >= 4 is 0 Å². The zero-order valence-electron chi connectivity index (χ0n) is 10.7. The third kappa shape index (κ3) is 2.13. The molecule has 1 saturated heterocycles. The minimum absolute atomic E-state index is 0.681. The highest BCUT2D eigenvalue weighted by molar-refractivity contribution is 4.92. The summed E-state index contributed by atoms with van der Waals surface area (Å²) in [5.74, 6) is 3.39. The first-order valence-corrected chi connectivity index (χ1v) is 6.25. The highest BCUT2D eigenvalue weighted by atomic mass is 15.0. The van der Waals surface area contributed by atoms with Crippen molar-refractivity contribution in [3.63, 3.8) is 0 Å². The van der Waals surface area contributed by atoms with Gasteiger partial charge in [0.2, 0.25) is 0 Å². The lowest BCUT2D eigenvalue weighted by atomic mass is 9.67. The Morgan fingerprint density at radius 3 is 1.79 bits per heavy atom. The second-order valence-electron chi connectivity index (χ2n) is 5.43. The Morgan fingerprint density at radius 1 is 1.00 bits per heavy atom. The molecule has 1 aliphatic heterocycles. The molecule has 0 radical (unpaired) electrons. The molecule has 0 spiro atoms. The molecule has 0 aromatic carbocycles. The maximum absolute atomic E-state index is 3.69. The van der Waals surface area contributed by atoms with Crippen LogP contribution in [-0.2, 0) is 0 Å². The zero-order valence-corrected chi connectivity index (χ0v) is 10.7. The van der Waals surface area contributed by atoms with Crippen LogP contribution in [0.25, 0.3) is 0 Å². The van der Waals surface area contributed by atoms with E-state index in [2.05, 4.69) is 46.9 Å². The van der Waals surface area contributed by atoms with E-state index in [9.17, 15) is 0 Å². The molecule has 1 aliphatic rings. The van der Waals surface area contributed by atoms with Gasteiger partial charge in [-0.15, -0.1) is 0 Å². The molecule has 5 unspecified atom stereocenters. The first-order valence-electron chi connectivity index (χ1n) is 6.25. The molecule has 1 rings (SSSR count). The fourth-order valence-electron chi connectivity index (χ4n) is 3.17. The summed E-state index contributed by atoms with van der Waals surface area (Å²) in [6.45, 7) is 14.2. The summed E-state index contributed by atoms with van der Waals surface area (Å²) in [4.78, 5) is 0. The molecule has 1 heteroatoms. The summed E-state index contributed by atoms with van der Waals surface area (Å²) in [7, 11) is 0. The quantitative estimate of drug-likeness (QED) is 0.716. The Labute approximate surface area is 89.7 Å². The van der Waals surface area contributed by atoms with Gasteiger partial charge in [0.25, 0.3) is 0 Å². The van der Waals surface area contributed by atoms with Crippen LogP contribution in [0.2, 0.25) is 0 Å². The molecule has 0 aliphatic carbocycles. The fourth-order valence-corrected chi connectivity index (χ4v) is 3.17. The molecule has 14 heavy (non-hydrogen) atoms. The van der Waals surface area contributed by atoms with Crippen LogP contribution < -0.4 is 5.32 Å². The Bertz CT molecular complexity index is 164. The summed E-state index contributed by atoms with van der Waals surface area (Å²) < 4.78 is 0. The van der Waals surface area contributed by atoms with Crippen LogP contribution in [0.3, 0.4) is 0 Å². The number of piperidine rings is 1. The lowest BCUT2D eigenvalue weighted by Gasteiger charge is -2.46. The molecule has 0 aromatic heterocycles. The minimum atomic E-state index is 0.681. The standard InChI is InChI=1S/C13H27N/c1-7-8(2)13-9(3)11(5)14-12(6)10(13)4/h8-14H,7H2,1-6H3. The Balaban J connectivity index is 2.76. The average molecular weight is 197 g/mol. The van der Waals surface area contributed by atoms with Gasteiger partial charge in [-0.1, -0.05) is 34.1 Å². The van der Waals surface area contributed by atoms with E-state index in [1.54, 1.807) is 0 Å². The monoisotopic (exact) mass is 197 g/mol. The number of rotatable bonds is 2. The van der Waals surface area contributed by atoms with Gasteiger partial charge in [0.15, 0.2) is 0 Å².